The predicted octanol–water partition coefficient (Wildman–Crippen LogP) is 4.13. The maximum Gasteiger partial charge on any atom is 0.339 e. The minimum absolute atomic E-state index is 0.0160. The van der Waals surface area contributed by atoms with E-state index in [1.165, 1.54) is 19.1 Å². The molecule has 3 aromatic rings. The van der Waals surface area contributed by atoms with Crippen molar-refractivity contribution in [2.45, 2.75) is 11.8 Å². The van der Waals surface area contributed by atoms with Crippen LogP contribution in [0, 0.1) is 10.1 Å². The zero-order chi connectivity index (χ0) is 20.5. The summed E-state index contributed by atoms with van der Waals surface area (Å²) >= 11 is 5.73. The molecule has 0 aromatic heterocycles. The molecule has 0 saturated carbocycles. The molecular formula is C18H13ClN2O6S. The first kappa shape index (κ1) is 19.6. The fraction of sp³-hybridized carbons (Fsp3) is 0.0556. The number of fused-ring (bicyclic) bond motifs is 1. The smallest absolute Gasteiger partial charge is 0.339 e. The molecule has 0 heterocycles. The highest BCUT2D eigenvalue weighted by Gasteiger charge is 2.23. The first-order valence-corrected chi connectivity index (χ1v) is 9.65. The molecule has 1 amide bonds. The van der Waals surface area contributed by atoms with Crippen LogP contribution in [0.4, 0.5) is 11.4 Å². The van der Waals surface area contributed by atoms with Crippen LogP contribution < -0.4 is 9.50 Å². The van der Waals surface area contributed by atoms with E-state index < -0.39 is 25.6 Å². The van der Waals surface area contributed by atoms with Gasteiger partial charge in [0.25, 0.3) is 5.69 Å². The molecule has 8 nitrogen and oxygen atoms in total. The molecule has 10 heteroatoms. The van der Waals surface area contributed by atoms with E-state index >= 15 is 0 Å². The van der Waals surface area contributed by atoms with Gasteiger partial charge in [0.1, 0.15) is 9.92 Å². The number of halogens is 1. The van der Waals surface area contributed by atoms with Gasteiger partial charge in [0.2, 0.25) is 5.91 Å². The monoisotopic (exact) mass is 420 g/mol. The van der Waals surface area contributed by atoms with Gasteiger partial charge >= 0.3 is 10.1 Å². The number of rotatable bonds is 5. The molecule has 0 aliphatic carbocycles. The van der Waals surface area contributed by atoms with Gasteiger partial charge in [-0.15, -0.1) is 0 Å². The summed E-state index contributed by atoms with van der Waals surface area (Å²) < 4.78 is 30.5. The molecule has 0 unspecified atom stereocenters. The summed E-state index contributed by atoms with van der Waals surface area (Å²) in [6.45, 7) is 1.36. The van der Waals surface area contributed by atoms with Gasteiger partial charge in [0.15, 0.2) is 5.75 Å². The summed E-state index contributed by atoms with van der Waals surface area (Å²) in [7, 11) is -4.36. The maximum absolute atomic E-state index is 12.6. The largest absolute Gasteiger partial charge is 0.378 e. The molecule has 0 spiro atoms. The number of nitro benzene ring substituents is 1. The van der Waals surface area contributed by atoms with E-state index in [2.05, 4.69) is 5.32 Å². The van der Waals surface area contributed by atoms with E-state index in [1.807, 2.05) is 0 Å². The van der Waals surface area contributed by atoms with Crippen molar-refractivity contribution in [2.75, 3.05) is 5.32 Å². The normalized spacial score (nSPS) is 11.2. The van der Waals surface area contributed by atoms with Crippen molar-refractivity contribution in [3.8, 4) is 5.75 Å². The van der Waals surface area contributed by atoms with E-state index in [1.54, 1.807) is 24.3 Å². The zero-order valence-corrected chi connectivity index (χ0v) is 16.0. The highest BCUT2D eigenvalue weighted by molar-refractivity contribution is 7.87. The number of carbonyl (C=O) groups excluding carboxylic acids is 1. The molecule has 3 rings (SSSR count). The minimum Gasteiger partial charge on any atom is -0.378 e. The molecule has 0 atom stereocenters. The van der Waals surface area contributed by atoms with Crippen LogP contribution in [0.2, 0.25) is 5.02 Å². The van der Waals surface area contributed by atoms with Crippen molar-refractivity contribution in [2.24, 2.45) is 0 Å². The minimum atomic E-state index is -4.36. The van der Waals surface area contributed by atoms with Crippen molar-refractivity contribution in [1.82, 2.24) is 0 Å². The van der Waals surface area contributed by atoms with Crippen LogP contribution in [-0.2, 0) is 14.9 Å². The van der Waals surface area contributed by atoms with Gasteiger partial charge in [0, 0.05) is 29.4 Å². The first-order valence-electron chi connectivity index (χ1n) is 7.87. The fourth-order valence-electron chi connectivity index (χ4n) is 2.60. The van der Waals surface area contributed by atoms with Crippen LogP contribution in [0.5, 0.6) is 5.75 Å². The zero-order valence-electron chi connectivity index (χ0n) is 14.4. The molecule has 3 aromatic carbocycles. The molecule has 1 N–H and O–H groups in total. The molecule has 0 bridgehead atoms. The Labute approximate surface area is 165 Å². The summed E-state index contributed by atoms with van der Waals surface area (Å²) in [6, 6.07) is 12.7. The molecule has 0 fully saturated rings. The maximum atomic E-state index is 12.6. The van der Waals surface area contributed by atoms with E-state index in [9.17, 15) is 23.3 Å². The Hall–Kier alpha value is -3.17. The molecule has 0 aliphatic heterocycles. The number of hydrogen-bond donors (Lipinski definition) is 1. The van der Waals surface area contributed by atoms with E-state index in [4.69, 9.17) is 15.8 Å². The van der Waals surface area contributed by atoms with Crippen molar-refractivity contribution in [1.29, 1.82) is 0 Å². The van der Waals surface area contributed by atoms with E-state index in [0.717, 1.165) is 18.2 Å². The lowest BCUT2D eigenvalue weighted by molar-refractivity contribution is -0.384. The molecule has 0 saturated heterocycles. The number of nitro groups is 1. The second kappa shape index (κ2) is 7.45. The quantitative estimate of drug-likeness (QED) is 0.377. The Balaban J connectivity index is 2.06. The van der Waals surface area contributed by atoms with Gasteiger partial charge < -0.3 is 9.50 Å². The Kier molecular flexibility index (Phi) is 5.21. The Morgan fingerprint density at radius 3 is 2.43 bits per heavy atom. The number of carbonyl (C=O) groups is 1. The predicted molar refractivity (Wildman–Crippen MR) is 104 cm³/mol. The third kappa shape index (κ3) is 3.90. The molecule has 144 valence electrons. The Bertz CT molecular complexity index is 1210. The Morgan fingerprint density at radius 1 is 1.11 bits per heavy atom. The van der Waals surface area contributed by atoms with Crippen LogP contribution in [-0.4, -0.2) is 19.2 Å². The van der Waals surface area contributed by atoms with Crippen molar-refractivity contribution in [3.05, 3.63) is 69.7 Å². The lowest BCUT2D eigenvalue weighted by Crippen LogP contribution is -2.11. The molecule has 0 radical (unpaired) electrons. The number of benzene rings is 3. The van der Waals surface area contributed by atoms with Gasteiger partial charge in [-0.05, 0) is 24.3 Å². The van der Waals surface area contributed by atoms with Gasteiger partial charge in [-0.3, -0.25) is 14.9 Å². The number of hydrogen-bond acceptors (Lipinski definition) is 6. The van der Waals surface area contributed by atoms with Gasteiger partial charge in [-0.1, -0.05) is 35.9 Å². The average molecular weight is 421 g/mol. The van der Waals surface area contributed by atoms with Crippen LogP contribution in [0.3, 0.4) is 0 Å². The molecule has 28 heavy (non-hydrogen) atoms. The molecule has 0 aliphatic rings. The van der Waals surface area contributed by atoms with Crippen molar-refractivity contribution < 1.29 is 22.3 Å². The van der Waals surface area contributed by atoms with Gasteiger partial charge in [-0.2, -0.15) is 8.42 Å². The number of nitrogens with zero attached hydrogens (tertiary/aromatic N) is 1. The SMILES string of the molecule is CC(=O)Nc1ccc(OS(=O)(=O)c2ccc(Cl)c([N+](=O)[O-])c2)c2ccccc12. The fourth-order valence-corrected chi connectivity index (χ4v) is 3.75. The number of anilines is 1. The second-order valence-corrected chi connectivity index (χ2v) is 7.70. The Morgan fingerprint density at radius 2 is 1.79 bits per heavy atom. The number of nitrogens with one attached hydrogen (secondary N) is 1. The summed E-state index contributed by atoms with van der Waals surface area (Å²) in [5.74, 6) is -0.262. The second-order valence-electron chi connectivity index (χ2n) is 5.75. The first-order chi connectivity index (χ1) is 13.2. The summed E-state index contributed by atoms with van der Waals surface area (Å²) in [4.78, 5) is 21.2. The summed E-state index contributed by atoms with van der Waals surface area (Å²) in [6.07, 6.45) is 0. The topological polar surface area (TPSA) is 116 Å². The van der Waals surface area contributed by atoms with Crippen molar-refractivity contribution in [3.63, 3.8) is 0 Å². The van der Waals surface area contributed by atoms with Crippen LogP contribution in [0.1, 0.15) is 6.92 Å². The van der Waals surface area contributed by atoms with Gasteiger partial charge in [-0.25, -0.2) is 0 Å². The highest BCUT2D eigenvalue weighted by atomic mass is 35.5. The lowest BCUT2D eigenvalue weighted by atomic mass is 10.1. The average Bonchev–Trinajstić information content (AvgIpc) is 2.63. The van der Waals surface area contributed by atoms with Crippen LogP contribution in [0.15, 0.2) is 59.5 Å². The van der Waals surface area contributed by atoms with Crippen molar-refractivity contribution >= 4 is 49.8 Å². The van der Waals surface area contributed by atoms with E-state index in [0.29, 0.717) is 16.5 Å². The van der Waals surface area contributed by atoms with E-state index in [-0.39, 0.29) is 16.7 Å². The summed E-state index contributed by atoms with van der Waals surface area (Å²) in [5.41, 5.74) is -0.0489. The lowest BCUT2D eigenvalue weighted by Gasteiger charge is -2.13. The van der Waals surface area contributed by atoms with Gasteiger partial charge in [0.05, 0.1) is 4.92 Å². The third-order valence-electron chi connectivity index (χ3n) is 3.80. The highest BCUT2D eigenvalue weighted by Crippen LogP contribution is 2.34. The summed E-state index contributed by atoms with van der Waals surface area (Å²) in [5, 5.41) is 14.5. The molecular weight excluding hydrogens is 408 g/mol. The standard InChI is InChI=1S/C18H13ClN2O6S/c1-11(22)20-16-8-9-18(14-5-3-2-4-13(14)16)27-28(25,26)12-6-7-15(19)17(10-12)21(23)24/h2-10H,1H3,(H,20,22). The third-order valence-corrected chi connectivity index (χ3v) is 5.35. The van der Waals surface area contributed by atoms with Crippen LogP contribution in [0.25, 0.3) is 10.8 Å². The number of amides is 1. The van der Waals surface area contributed by atoms with Crippen LogP contribution >= 0.6 is 11.6 Å².